The third-order valence-corrected chi connectivity index (χ3v) is 5.68. The summed E-state index contributed by atoms with van der Waals surface area (Å²) in [6.07, 6.45) is 0. The third-order valence-electron chi connectivity index (χ3n) is 3.42. The number of carbonyl (C=O) groups is 1. The lowest BCUT2D eigenvalue weighted by Crippen LogP contribution is -2.39. The van der Waals surface area contributed by atoms with Crippen LogP contribution in [-0.2, 0) is 0 Å². The number of amides is 2. The van der Waals surface area contributed by atoms with Gasteiger partial charge in [-0.2, -0.15) is 11.8 Å². The van der Waals surface area contributed by atoms with Crippen molar-refractivity contribution < 1.29 is 4.79 Å². The number of urea groups is 1. The molecule has 0 aliphatic carbocycles. The number of carbonyl (C=O) groups excluding carboxylic acids is 1. The number of rotatable bonds is 4. The number of thioether (sulfide) groups is 1. The molecule has 0 bridgehead atoms. The lowest BCUT2D eigenvalue weighted by molar-refractivity contribution is 0.249. The molecule has 23 heavy (non-hydrogen) atoms. The molecule has 0 saturated carbocycles. The van der Waals surface area contributed by atoms with Crippen molar-refractivity contribution in [1.82, 2.24) is 5.32 Å². The van der Waals surface area contributed by atoms with Gasteiger partial charge in [0.05, 0.1) is 11.4 Å². The highest BCUT2D eigenvalue weighted by atomic mass is 35.5. The van der Waals surface area contributed by atoms with Crippen LogP contribution in [-0.4, -0.2) is 24.1 Å². The second-order valence-corrected chi connectivity index (χ2v) is 7.86. The average Bonchev–Trinajstić information content (AvgIpc) is 2.56. The predicted octanol–water partition coefficient (Wildman–Crippen LogP) is 5.41. The minimum Gasteiger partial charge on any atom is -0.337 e. The third kappa shape index (κ3) is 3.62. The first-order valence-corrected chi connectivity index (χ1v) is 9.77. The van der Waals surface area contributed by atoms with Gasteiger partial charge in [0, 0.05) is 27.1 Å². The fraction of sp³-hybridized carbons (Fsp3) is 0.235. The van der Waals surface area contributed by atoms with Crippen LogP contribution in [0.1, 0.15) is 6.92 Å². The van der Waals surface area contributed by atoms with Crippen LogP contribution in [0.5, 0.6) is 0 Å². The van der Waals surface area contributed by atoms with Crippen LogP contribution in [0.4, 0.5) is 16.2 Å². The maximum absolute atomic E-state index is 12.8. The molecular formula is C17H17ClN2OS2. The van der Waals surface area contributed by atoms with E-state index in [4.69, 9.17) is 11.6 Å². The van der Waals surface area contributed by atoms with E-state index in [1.54, 1.807) is 16.7 Å². The van der Waals surface area contributed by atoms with Crippen molar-refractivity contribution in [3.8, 4) is 0 Å². The molecule has 0 fully saturated rings. The van der Waals surface area contributed by atoms with E-state index in [2.05, 4.69) is 12.2 Å². The zero-order chi connectivity index (χ0) is 16.2. The van der Waals surface area contributed by atoms with Crippen molar-refractivity contribution in [2.75, 3.05) is 23.0 Å². The highest BCUT2D eigenvalue weighted by Gasteiger charge is 2.28. The Bertz CT molecular complexity index is 723. The Morgan fingerprint density at radius 2 is 2.00 bits per heavy atom. The molecule has 0 saturated heterocycles. The number of para-hydroxylation sites is 1. The first-order chi connectivity index (χ1) is 11.2. The normalized spacial score (nSPS) is 12.5. The Morgan fingerprint density at radius 1 is 1.22 bits per heavy atom. The summed E-state index contributed by atoms with van der Waals surface area (Å²) in [5.74, 6) is 1.96. The summed E-state index contributed by atoms with van der Waals surface area (Å²) in [5.41, 5.74) is 1.73. The summed E-state index contributed by atoms with van der Waals surface area (Å²) >= 11 is 9.62. The Labute approximate surface area is 149 Å². The first-order valence-electron chi connectivity index (χ1n) is 7.43. The number of benzene rings is 2. The van der Waals surface area contributed by atoms with Gasteiger partial charge >= 0.3 is 6.03 Å². The number of anilines is 2. The van der Waals surface area contributed by atoms with E-state index in [1.807, 2.05) is 54.2 Å². The van der Waals surface area contributed by atoms with Crippen molar-refractivity contribution in [2.24, 2.45) is 0 Å². The maximum Gasteiger partial charge on any atom is 0.326 e. The molecule has 3 nitrogen and oxygen atoms in total. The van der Waals surface area contributed by atoms with Crippen molar-refractivity contribution in [2.45, 2.75) is 16.7 Å². The van der Waals surface area contributed by atoms with E-state index in [0.717, 1.165) is 32.7 Å². The standard InChI is InChI=1S/C17H17ClN2OS2/c1-2-22-10-9-19-17(21)20-13-5-3-4-6-15(13)23-16-8-7-12(18)11-14(16)20/h3-8,11H,2,9-10H2,1H3,(H,19,21). The smallest absolute Gasteiger partial charge is 0.326 e. The van der Waals surface area contributed by atoms with Gasteiger partial charge in [0.1, 0.15) is 0 Å². The summed E-state index contributed by atoms with van der Waals surface area (Å²) in [5, 5.41) is 3.63. The van der Waals surface area contributed by atoms with E-state index in [9.17, 15) is 4.79 Å². The van der Waals surface area contributed by atoms with Gasteiger partial charge in [0.15, 0.2) is 0 Å². The van der Waals surface area contributed by atoms with Crippen LogP contribution in [0.3, 0.4) is 0 Å². The minimum atomic E-state index is -0.113. The van der Waals surface area contributed by atoms with E-state index in [1.165, 1.54) is 0 Å². The van der Waals surface area contributed by atoms with Crippen molar-refractivity contribution >= 4 is 52.5 Å². The van der Waals surface area contributed by atoms with Crippen LogP contribution in [0.15, 0.2) is 52.3 Å². The van der Waals surface area contributed by atoms with E-state index in [-0.39, 0.29) is 6.03 Å². The van der Waals surface area contributed by atoms with Gasteiger partial charge in [0.25, 0.3) is 0 Å². The molecule has 1 N–H and O–H groups in total. The fourth-order valence-electron chi connectivity index (χ4n) is 2.40. The molecule has 3 rings (SSSR count). The number of nitrogens with one attached hydrogen (secondary N) is 1. The van der Waals surface area contributed by atoms with Gasteiger partial charge in [-0.25, -0.2) is 4.79 Å². The second kappa shape index (κ2) is 7.51. The van der Waals surface area contributed by atoms with Gasteiger partial charge in [-0.05, 0) is 36.1 Å². The first kappa shape index (κ1) is 16.6. The Balaban J connectivity index is 1.91. The predicted molar refractivity (Wildman–Crippen MR) is 101 cm³/mol. The van der Waals surface area contributed by atoms with Crippen LogP contribution in [0.25, 0.3) is 0 Å². The van der Waals surface area contributed by atoms with Gasteiger partial charge < -0.3 is 5.32 Å². The lowest BCUT2D eigenvalue weighted by atomic mass is 10.2. The van der Waals surface area contributed by atoms with Crippen LogP contribution in [0.2, 0.25) is 5.02 Å². The number of hydrogen-bond donors (Lipinski definition) is 1. The van der Waals surface area contributed by atoms with Gasteiger partial charge in [0.2, 0.25) is 0 Å². The monoisotopic (exact) mass is 364 g/mol. The summed E-state index contributed by atoms with van der Waals surface area (Å²) in [4.78, 5) is 16.6. The van der Waals surface area contributed by atoms with Crippen molar-refractivity contribution in [3.63, 3.8) is 0 Å². The molecule has 0 aromatic heterocycles. The summed E-state index contributed by atoms with van der Waals surface area (Å²) in [6.45, 7) is 2.77. The van der Waals surface area contributed by atoms with E-state index in [0.29, 0.717) is 11.6 Å². The molecule has 0 unspecified atom stereocenters. The molecule has 1 heterocycles. The molecule has 120 valence electrons. The summed E-state index contributed by atoms with van der Waals surface area (Å²) in [6, 6.07) is 13.5. The van der Waals surface area contributed by atoms with Crippen molar-refractivity contribution in [1.29, 1.82) is 0 Å². The lowest BCUT2D eigenvalue weighted by Gasteiger charge is -2.31. The molecule has 2 amide bonds. The molecule has 1 aliphatic rings. The van der Waals surface area contributed by atoms with Crippen LogP contribution >= 0.6 is 35.1 Å². The molecule has 0 radical (unpaired) electrons. The van der Waals surface area contributed by atoms with Crippen LogP contribution in [0, 0.1) is 0 Å². The number of fused-ring (bicyclic) bond motifs is 2. The summed E-state index contributed by atoms with van der Waals surface area (Å²) in [7, 11) is 0. The Hall–Kier alpha value is -1.30. The number of halogens is 1. The average molecular weight is 365 g/mol. The molecule has 0 spiro atoms. The van der Waals surface area contributed by atoms with Crippen molar-refractivity contribution in [3.05, 3.63) is 47.5 Å². The fourth-order valence-corrected chi connectivity index (χ4v) is 4.14. The van der Waals surface area contributed by atoms with Gasteiger partial charge in [-0.15, -0.1) is 0 Å². The number of hydrogen-bond acceptors (Lipinski definition) is 3. The molecule has 6 heteroatoms. The molecular weight excluding hydrogens is 348 g/mol. The maximum atomic E-state index is 12.8. The van der Waals surface area contributed by atoms with Gasteiger partial charge in [-0.1, -0.05) is 42.4 Å². The SMILES string of the molecule is CCSCCNC(=O)N1c2ccccc2Sc2ccc(Cl)cc21. The Kier molecular flexibility index (Phi) is 5.41. The largest absolute Gasteiger partial charge is 0.337 e. The highest BCUT2D eigenvalue weighted by molar-refractivity contribution is 7.99. The minimum absolute atomic E-state index is 0.113. The van der Waals surface area contributed by atoms with Crippen LogP contribution < -0.4 is 10.2 Å². The second-order valence-electron chi connectivity index (χ2n) is 4.95. The van der Waals surface area contributed by atoms with E-state index >= 15 is 0 Å². The quantitative estimate of drug-likeness (QED) is 0.736. The van der Waals surface area contributed by atoms with E-state index < -0.39 is 0 Å². The molecule has 2 aromatic rings. The molecule has 2 aromatic carbocycles. The molecule has 1 aliphatic heterocycles. The molecule has 0 atom stereocenters. The topological polar surface area (TPSA) is 32.3 Å². The number of nitrogens with zero attached hydrogens (tertiary/aromatic N) is 1. The summed E-state index contributed by atoms with van der Waals surface area (Å²) < 4.78 is 0. The zero-order valence-corrected chi connectivity index (χ0v) is 15.1. The zero-order valence-electron chi connectivity index (χ0n) is 12.7. The Morgan fingerprint density at radius 3 is 2.83 bits per heavy atom. The van der Waals surface area contributed by atoms with Gasteiger partial charge in [-0.3, -0.25) is 4.90 Å². The highest BCUT2D eigenvalue weighted by Crippen LogP contribution is 2.48.